The van der Waals surface area contributed by atoms with Crippen LogP contribution in [0, 0.1) is 0 Å². The van der Waals surface area contributed by atoms with Crippen molar-refractivity contribution in [3.05, 3.63) is 109 Å². The Balaban J connectivity index is 1.82. The molecule has 0 radical (unpaired) electrons. The zero-order valence-electron chi connectivity index (χ0n) is 16.7. The predicted molar refractivity (Wildman–Crippen MR) is 133 cm³/mol. The number of aromatic nitrogens is 2. The molecule has 0 aliphatic heterocycles. The minimum atomic E-state index is 1.18. The summed E-state index contributed by atoms with van der Waals surface area (Å²) in [5, 5.41) is 5.31. The first-order valence-corrected chi connectivity index (χ1v) is 11.3. The molecule has 0 atom stereocenters. The number of rotatable bonds is 2. The number of hydrogen-bond acceptors (Lipinski definition) is 1. The fourth-order valence-electron chi connectivity index (χ4n) is 4.87. The van der Waals surface area contributed by atoms with Crippen LogP contribution < -0.4 is 0 Å². The van der Waals surface area contributed by atoms with E-state index in [-0.39, 0.29) is 0 Å². The molecular weight excluding hydrogens is 396 g/mol. The molecule has 0 spiro atoms. The minimum absolute atomic E-state index is 1.18. The highest BCUT2D eigenvalue weighted by atomic mass is 32.1. The molecule has 0 N–H and O–H groups in total. The van der Waals surface area contributed by atoms with E-state index in [9.17, 15) is 0 Å². The second kappa shape index (κ2) is 6.34. The van der Waals surface area contributed by atoms with E-state index in [2.05, 4.69) is 118 Å². The van der Waals surface area contributed by atoms with Crippen molar-refractivity contribution in [2.24, 2.45) is 0 Å². The summed E-state index contributed by atoms with van der Waals surface area (Å²) < 4.78 is 6.19. The van der Waals surface area contributed by atoms with Gasteiger partial charge >= 0.3 is 0 Å². The molecule has 4 aromatic carbocycles. The van der Waals surface area contributed by atoms with Crippen molar-refractivity contribution in [3.63, 3.8) is 0 Å². The quantitative estimate of drug-likeness (QED) is 0.272. The van der Waals surface area contributed by atoms with Gasteiger partial charge in [0.1, 0.15) is 10.5 Å². The molecule has 3 heteroatoms. The number of fused-ring (bicyclic) bond motifs is 7. The Hall–Kier alpha value is -3.82. The monoisotopic (exact) mass is 414 g/mol. The average molecular weight is 415 g/mol. The van der Waals surface area contributed by atoms with Crippen LogP contribution >= 0.6 is 11.3 Å². The van der Waals surface area contributed by atoms with Gasteiger partial charge in [0.05, 0.1) is 5.52 Å². The van der Waals surface area contributed by atoms with E-state index in [1.165, 1.54) is 53.6 Å². The largest absolute Gasteiger partial charge is 0.295 e. The molecule has 7 aromatic rings. The molecule has 0 fully saturated rings. The van der Waals surface area contributed by atoms with E-state index < -0.39 is 0 Å². The second-order valence-corrected chi connectivity index (χ2v) is 8.87. The Morgan fingerprint density at radius 2 is 1.06 bits per heavy atom. The molecule has 0 saturated carbocycles. The molecule has 3 heterocycles. The lowest BCUT2D eigenvalue weighted by atomic mass is 10.1. The van der Waals surface area contributed by atoms with Crippen LogP contribution in [0.5, 0.6) is 0 Å². The van der Waals surface area contributed by atoms with Crippen molar-refractivity contribution in [1.29, 1.82) is 0 Å². The van der Waals surface area contributed by atoms with Crippen molar-refractivity contribution in [2.75, 3.05) is 0 Å². The summed E-state index contributed by atoms with van der Waals surface area (Å²) in [7, 11) is 0. The molecule has 0 aliphatic carbocycles. The maximum absolute atomic E-state index is 2.45. The highest BCUT2D eigenvalue weighted by molar-refractivity contribution is 7.25. The molecule has 7 rings (SSSR count). The van der Waals surface area contributed by atoms with Crippen LogP contribution in [0.25, 0.3) is 53.6 Å². The van der Waals surface area contributed by atoms with Crippen LogP contribution in [0.15, 0.2) is 109 Å². The molecule has 3 aromatic heterocycles. The van der Waals surface area contributed by atoms with E-state index in [4.69, 9.17) is 0 Å². The van der Waals surface area contributed by atoms with Gasteiger partial charge in [-0.1, -0.05) is 72.8 Å². The van der Waals surface area contributed by atoms with E-state index in [1.807, 2.05) is 11.3 Å². The Morgan fingerprint density at radius 1 is 0.484 bits per heavy atom. The smallest absolute Gasteiger partial charge is 0.132 e. The lowest BCUT2D eigenvalue weighted by Gasteiger charge is -2.12. The van der Waals surface area contributed by atoms with Gasteiger partial charge in [-0.3, -0.25) is 9.13 Å². The lowest BCUT2D eigenvalue weighted by Crippen LogP contribution is -2.00. The predicted octanol–water partition coefficient (Wildman–Crippen LogP) is 7.94. The molecule has 0 amide bonds. The average Bonchev–Trinajstić information content (AvgIpc) is 3.46. The number of para-hydroxylation sites is 3. The van der Waals surface area contributed by atoms with Gasteiger partial charge in [0.25, 0.3) is 0 Å². The standard InChI is InChI=1S/C28H18N2S/c1-3-11-19(12-4-1)29-23-17-9-7-15-21(23)25-26-22-16-8-10-18-24(22)31-28(26)30(27(25)29)20-13-5-2-6-14-20/h1-18H. The minimum Gasteiger partial charge on any atom is -0.295 e. The third-order valence-electron chi connectivity index (χ3n) is 6.12. The first kappa shape index (κ1) is 16.9. The maximum atomic E-state index is 2.45. The molecule has 0 aliphatic rings. The molecule has 31 heavy (non-hydrogen) atoms. The molecular formula is C28H18N2S. The van der Waals surface area contributed by atoms with Crippen LogP contribution in [0.3, 0.4) is 0 Å². The number of thiophene rings is 1. The fraction of sp³-hybridized carbons (Fsp3) is 0. The first-order valence-electron chi connectivity index (χ1n) is 10.5. The highest BCUT2D eigenvalue weighted by Crippen LogP contribution is 2.46. The number of hydrogen-bond donors (Lipinski definition) is 0. The summed E-state index contributed by atoms with van der Waals surface area (Å²) in [6.07, 6.45) is 0. The van der Waals surface area contributed by atoms with Crippen LogP contribution in [0.1, 0.15) is 0 Å². The molecule has 146 valence electrons. The van der Waals surface area contributed by atoms with Gasteiger partial charge in [0.15, 0.2) is 0 Å². The van der Waals surface area contributed by atoms with Gasteiger partial charge in [-0.15, -0.1) is 11.3 Å². The Bertz CT molecular complexity index is 1720. The van der Waals surface area contributed by atoms with Crippen molar-refractivity contribution in [3.8, 4) is 11.4 Å². The van der Waals surface area contributed by atoms with Gasteiger partial charge in [0, 0.05) is 37.6 Å². The van der Waals surface area contributed by atoms with Gasteiger partial charge in [0.2, 0.25) is 0 Å². The summed E-state index contributed by atoms with van der Waals surface area (Å²) in [6.45, 7) is 0. The topological polar surface area (TPSA) is 9.86 Å². The first-order chi connectivity index (χ1) is 15.4. The summed E-state index contributed by atoms with van der Waals surface area (Å²) in [5.74, 6) is 0. The Kier molecular flexibility index (Phi) is 3.46. The van der Waals surface area contributed by atoms with Gasteiger partial charge in [-0.25, -0.2) is 0 Å². The van der Waals surface area contributed by atoms with E-state index in [0.29, 0.717) is 0 Å². The zero-order chi connectivity index (χ0) is 20.4. The highest BCUT2D eigenvalue weighted by Gasteiger charge is 2.24. The van der Waals surface area contributed by atoms with Crippen LogP contribution in [-0.2, 0) is 0 Å². The van der Waals surface area contributed by atoms with E-state index >= 15 is 0 Å². The lowest BCUT2D eigenvalue weighted by molar-refractivity contribution is 1.07. The second-order valence-electron chi connectivity index (χ2n) is 7.84. The van der Waals surface area contributed by atoms with Crippen LogP contribution in [-0.4, -0.2) is 9.13 Å². The van der Waals surface area contributed by atoms with E-state index in [0.717, 1.165) is 0 Å². The summed E-state index contributed by atoms with van der Waals surface area (Å²) in [4.78, 5) is 1.30. The molecule has 2 nitrogen and oxygen atoms in total. The van der Waals surface area contributed by atoms with Crippen LogP contribution in [0.4, 0.5) is 0 Å². The van der Waals surface area contributed by atoms with Gasteiger partial charge < -0.3 is 0 Å². The summed E-state index contributed by atoms with van der Waals surface area (Å²) >= 11 is 1.88. The van der Waals surface area contributed by atoms with Crippen molar-refractivity contribution in [2.45, 2.75) is 0 Å². The van der Waals surface area contributed by atoms with Gasteiger partial charge in [-0.2, -0.15) is 0 Å². The Labute approximate surface area is 183 Å². The normalized spacial score (nSPS) is 11.9. The molecule has 0 bridgehead atoms. The summed E-state index contributed by atoms with van der Waals surface area (Å²) in [6, 6.07) is 39.0. The van der Waals surface area contributed by atoms with Crippen LogP contribution in [0.2, 0.25) is 0 Å². The number of benzene rings is 4. The van der Waals surface area contributed by atoms with E-state index in [1.54, 1.807) is 0 Å². The third-order valence-corrected chi connectivity index (χ3v) is 7.28. The van der Waals surface area contributed by atoms with Crippen molar-refractivity contribution >= 4 is 53.6 Å². The third kappa shape index (κ3) is 2.27. The van der Waals surface area contributed by atoms with Crippen molar-refractivity contribution in [1.82, 2.24) is 9.13 Å². The van der Waals surface area contributed by atoms with Crippen molar-refractivity contribution < 1.29 is 0 Å². The number of nitrogens with zero attached hydrogens (tertiary/aromatic N) is 2. The summed E-state index contributed by atoms with van der Waals surface area (Å²) in [5.41, 5.74) is 4.83. The SMILES string of the molecule is c1ccc(-n2c3ccccc3c3c4c5ccccc5sc4n(-c4ccccc4)c32)cc1. The zero-order valence-corrected chi connectivity index (χ0v) is 17.5. The van der Waals surface area contributed by atoms with Gasteiger partial charge in [-0.05, 0) is 36.4 Å². The Morgan fingerprint density at radius 3 is 1.81 bits per heavy atom. The maximum Gasteiger partial charge on any atom is 0.132 e. The molecule has 0 saturated heterocycles. The molecule has 0 unspecified atom stereocenters. The fourth-order valence-corrected chi connectivity index (χ4v) is 6.10.